The number of rotatable bonds is 7. The normalized spacial score (nSPS) is 10.4. The summed E-state index contributed by atoms with van der Waals surface area (Å²) in [7, 11) is 0. The quantitative estimate of drug-likeness (QED) is 0.415. The van der Waals surface area contributed by atoms with Gasteiger partial charge in [-0.15, -0.1) is 0 Å². The molecule has 0 spiro atoms. The molecule has 22 heavy (non-hydrogen) atoms. The lowest BCUT2D eigenvalue weighted by molar-refractivity contribution is 0.144. The second-order valence-corrected chi connectivity index (χ2v) is 5.37. The third-order valence-corrected chi connectivity index (χ3v) is 3.67. The Morgan fingerprint density at radius 3 is 2.41 bits per heavy atom. The summed E-state index contributed by atoms with van der Waals surface area (Å²) in [6.45, 7) is 2.21. The molecule has 3 heteroatoms. The number of carbonyl (C=O) groups is 1. The molecule has 2 aromatic carbocycles. The van der Waals surface area contributed by atoms with Gasteiger partial charge in [-0.25, -0.2) is 4.79 Å². The fourth-order valence-electron chi connectivity index (χ4n) is 2.50. The van der Waals surface area contributed by atoms with Gasteiger partial charge in [0.15, 0.2) is 0 Å². The van der Waals surface area contributed by atoms with Crippen molar-refractivity contribution in [1.29, 1.82) is 0 Å². The monoisotopic (exact) mass is 298 g/mol. The maximum Gasteiger partial charge on any atom is 0.511 e. The van der Waals surface area contributed by atoms with Crippen molar-refractivity contribution in [2.24, 2.45) is 0 Å². The number of benzene rings is 2. The van der Waals surface area contributed by atoms with E-state index in [1.54, 1.807) is 12.1 Å². The zero-order chi connectivity index (χ0) is 15.8. The zero-order valence-corrected chi connectivity index (χ0v) is 12.9. The summed E-state index contributed by atoms with van der Waals surface area (Å²) in [6.07, 6.45) is 4.82. The highest BCUT2D eigenvalue weighted by Gasteiger charge is 2.09. The van der Waals surface area contributed by atoms with Gasteiger partial charge in [-0.05, 0) is 30.0 Å². The van der Waals surface area contributed by atoms with Crippen LogP contribution in [-0.4, -0.2) is 11.3 Å². The van der Waals surface area contributed by atoms with Crippen LogP contribution in [0.2, 0.25) is 0 Å². The summed E-state index contributed by atoms with van der Waals surface area (Å²) in [5.74, 6) is 0.366. The molecule has 2 aromatic rings. The maximum absolute atomic E-state index is 10.8. The summed E-state index contributed by atoms with van der Waals surface area (Å²) in [5.41, 5.74) is 3.08. The summed E-state index contributed by atoms with van der Waals surface area (Å²) in [6, 6.07) is 15.5. The van der Waals surface area contributed by atoms with E-state index in [1.807, 2.05) is 24.3 Å². The topological polar surface area (TPSA) is 46.5 Å². The molecule has 3 nitrogen and oxygen atoms in total. The smallest absolute Gasteiger partial charge is 0.449 e. The highest BCUT2D eigenvalue weighted by Crippen LogP contribution is 2.30. The largest absolute Gasteiger partial charge is 0.511 e. The van der Waals surface area contributed by atoms with Gasteiger partial charge in [0.25, 0.3) is 0 Å². The van der Waals surface area contributed by atoms with E-state index in [0.29, 0.717) is 5.75 Å². The van der Waals surface area contributed by atoms with Crippen LogP contribution >= 0.6 is 0 Å². The average Bonchev–Trinajstić information content (AvgIpc) is 2.52. The van der Waals surface area contributed by atoms with Crippen LogP contribution in [0.4, 0.5) is 4.79 Å². The van der Waals surface area contributed by atoms with Gasteiger partial charge in [0.05, 0.1) is 0 Å². The molecule has 0 saturated carbocycles. The van der Waals surface area contributed by atoms with Crippen molar-refractivity contribution in [3.63, 3.8) is 0 Å². The first-order chi connectivity index (χ1) is 10.7. The fourth-order valence-corrected chi connectivity index (χ4v) is 2.50. The number of hydrogen-bond donors (Lipinski definition) is 1. The molecule has 0 aromatic heterocycles. The molecule has 0 amide bonds. The first kappa shape index (κ1) is 16.1. The van der Waals surface area contributed by atoms with Crippen molar-refractivity contribution in [2.45, 2.75) is 39.0 Å². The molecule has 0 radical (unpaired) electrons. The molecular formula is C19H22O3. The van der Waals surface area contributed by atoms with Crippen molar-refractivity contribution >= 4 is 6.16 Å². The molecule has 0 bridgehead atoms. The number of ether oxygens (including phenoxy) is 1. The van der Waals surface area contributed by atoms with Crippen LogP contribution in [0.5, 0.6) is 5.75 Å². The Balaban J connectivity index is 2.08. The van der Waals surface area contributed by atoms with E-state index in [1.165, 1.54) is 31.2 Å². The lowest BCUT2D eigenvalue weighted by atomic mass is 10.0. The number of hydrogen-bond acceptors (Lipinski definition) is 2. The number of aryl methyl sites for hydroxylation is 1. The Kier molecular flexibility index (Phi) is 6.01. The van der Waals surface area contributed by atoms with Gasteiger partial charge in [0, 0.05) is 5.56 Å². The highest BCUT2D eigenvalue weighted by atomic mass is 16.7. The van der Waals surface area contributed by atoms with Crippen LogP contribution < -0.4 is 4.74 Å². The predicted molar refractivity (Wildman–Crippen MR) is 88.4 cm³/mol. The third kappa shape index (κ3) is 4.62. The first-order valence-corrected chi connectivity index (χ1v) is 7.80. The second kappa shape index (κ2) is 8.23. The second-order valence-electron chi connectivity index (χ2n) is 5.37. The molecule has 0 saturated heterocycles. The van der Waals surface area contributed by atoms with E-state index in [-0.39, 0.29) is 0 Å². The van der Waals surface area contributed by atoms with E-state index in [2.05, 4.69) is 19.1 Å². The molecule has 0 aliphatic carbocycles. The summed E-state index contributed by atoms with van der Waals surface area (Å²) in [5, 5.41) is 8.80. The minimum Gasteiger partial charge on any atom is -0.449 e. The molecule has 2 rings (SSSR count). The number of unbranched alkanes of at least 4 members (excludes halogenated alkanes) is 3. The number of carboxylic acid groups (broad SMARTS) is 1. The molecule has 0 fully saturated rings. The van der Waals surface area contributed by atoms with E-state index in [4.69, 9.17) is 9.84 Å². The van der Waals surface area contributed by atoms with Gasteiger partial charge in [-0.2, -0.15) is 0 Å². The summed E-state index contributed by atoms with van der Waals surface area (Å²) in [4.78, 5) is 10.8. The van der Waals surface area contributed by atoms with Gasteiger partial charge in [0.1, 0.15) is 5.75 Å². The van der Waals surface area contributed by atoms with Crippen LogP contribution in [0, 0.1) is 0 Å². The van der Waals surface area contributed by atoms with Crippen LogP contribution in [0.3, 0.4) is 0 Å². The first-order valence-electron chi connectivity index (χ1n) is 7.80. The van der Waals surface area contributed by atoms with Gasteiger partial charge >= 0.3 is 6.16 Å². The molecule has 0 aliphatic heterocycles. The Bertz CT molecular complexity index is 602. The predicted octanol–water partition coefficient (Wildman–Crippen LogP) is 5.53. The number of para-hydroxylation sites is 1. The van der Waals surface area contributed by atoms with Crippen molar-refractivity contribution in [2.75, 3.05) is 0 Å². The average molecular weight is 298 g/mol. The highest BCUT2D eigenvalue weighted by molar-refractivity contribution is 5.74. The molecule has 0 unspecified atom stereocenters. The van der Waals surface area contributed by atoms with E-state index < -0.39 is 6.16 Å². The Labute approximate surface area is 131 Å². The molecule has 0 aliphatic rings. The summed E-state index contributed by atoms with van der Waals surface area (Å²) >= 11 is 0. The van der Waals surface area contributed by atoms with E-state index in [0.717, 1.165) is 17.5 Å². The van der Waals surface area contributed by atoms with Crippen molar-refractivity contribution in [3.8, 4) is 16.9 Å². The SMILES string of the molecule is CCCCCCc1ccc(-c2ccccc2OC(=O)O)cc1. The van der Waals surface area contributed by atoms with Gasteiger partial charge < -0.3 is 9.84 Å². The van der Waals surface area contributed by atoms with Gasteiger partial charge in [-0.1, -0.05) is 68.7 Å². The lowest BCUT2D eigenvalue weighted by Crippen LogP contribution is -2.03. The Morgan fingerprint density at radius 2 is 1.73 bits per heavy atom. The van der Waals surface area contributed by atoms with Crippen LogP contribution in [-0.2, 0) is 6.42 Å². The van der Waals surface area contributed by atoms with Crippen LogP contribution in [0.1, 0.15) is 38.2 Å². The third-order valence-electron chi connectivity index (χ3n) is 3.67. The Hall–Kier alpha value is -2.29. The molecule has 0 heterocycles. The van der Waals surface area contributed by atoms with Crippen LogP contribution in [0.15, 0.2) is 48.5 Å². The van der Waals surface area contributed by atoms with Gasteiger partial charge in [0.2, 0.25) is 0 Å². The van der Waals surface area contributed by atoms with Crippen molar-refractivity contribution < 1.29 is 14.6 Å². The molecular weight excluding hydrogens is 276 g/mol. The fraction of sp³-hybridized carbons (Fsp3) is 0.316. The molecule has 0 atom stereocenters. The molecule has 116 valence electrons. The zero-order valence-electron chi connectivity index (χ0n) is 12.9. The van der Waals surface area contributed by atoms with Crippen molar-refractivity contribution in [3.05, 3.63) is 54.1 Å². The molecule has 1 N–H and O–H groups in total. The van der Waals surface area contributed by atoms with E-state index in [9.17, 15) is 4.79 Å². The summed E-state index contributed by atoms with van der Waals surface area (Å²) < 4.78 is 4.84. The van der Waals surface area contributed by atoms with E-state index >= 15 is 0 Å². The van der Waals surface area contributed by atoms with Crippen LogP contribution in [0.25, 0.3) is 11.1 Å². The van der Waals surface area contributed by atoms with Crippen molar-refractivity contribution in [1.82, 2.24) is 0 Å². The minimum atomic E-state index is -1.29. The maximum atomic E-state index is 10.8. The standard InChI is InChI=1S/C19H22O3/c1-2-3-4-5-8-15-11-13-16(14-12-15)17-9-6-7-10-18(17)22-19(20)21/h6-7,9-14H,2-5,8H2,1H3,(H,20,21). The van der Waals surface area contributed by atoms with Gasteiger partial charge in [-0.3, -0.25) is 0 Å². The lowest BCUT2D eigenvalue weighted by Gasteiger charge is -2.09. The minimum absolute atomic E-state index is 0.366. The Morgan fingerprint density at radius 1 is 1.00 bits per heavy atom.